The summed E-state index contributed by atoms with van der Waals surface area (Å²) in [6.07, 6.45) is 7.76. The summed E-state index contributed by atoms with van der Waals surface area (Å²) in [6, 6.07) is 27.5. The molecule has 1 aliphatic rings. The van der Waals surface area contributed by atoms with Crippen LogP contribution in [0.1, 0.15) is 59.4 Å². The minimum absolute atomic E-state index is 0.0930. The summed E-state index contributed by atoms with van der Waals surface area (Å²) in [5.74, 6) is 2.62. The maximum atomic E-state index is 4.96. The lowest BCUT2D eigenvalue weighted by molar-refractivity contribution is 0.294. The van der Waals surface area contributed by atoms with Crippen molar-refractivity contribution >= 4 is 5.57 Å². The summed E-state index contributed by atoms with van der Waals surface area (Å²) >= 11 is 0. The summed E-state index contributed by atoms with van der Waals surface area (Å²) in [5.41, 5.74) is 7.01. The highest BCUT2D eigenvalue weighted by Crippen LogP contribution is 2.35. The maximum Gasteiger partial charge on any atom is 0.164 e. The molecule has 1 aliphatic carbocycles. The number of rotatable bonds is 4. The van der Waals surface area contributed by atoms with Crippen LogP contribution >= 0.6 is 0 Å². The van der Waals surface area contributed by atoms with Gasteiger partial charge in [0.15, 0.2) is 17.5 Å². The van der Waals surface area contributed by atoms with Gasteiger partial charge in [-0.3, -0.25) is 0 Å². The van der Waals surface area contributed by atoms with E-state index in [9.17, 15) is 0 Å². The normalized spacial score (nSPS) is 15.8. The van der Waals surface area contributed by atoms with Crippen LogP contribution < -0.4 is 0 Å². The van der Waals surface area contributed by atoms with E-state index in [1.807, 2.05) is 6.07 Å². The number of allylic oxidation sites excluding steroid dienone is 4. The molecule has 4 aromatic rings. The van der Waals surface area contributed by atoms with E-state index in [2.05, 4.69) is 133 Å². The van der Waals surface area contributed by atoms with Crippen molar-refractivity contribution in [2.24, 2.45) is 11.3 Å². The third kappa shape index (κ3) is 5.67. The van der Waals surface area contributed by atoms with Gasteiger partial charge in [-0.2, -0.15) is 0 Å². The van der Waals surface area contributed by atoms with Crippen LogP contribution in [-0.2, 0) is 5.41 Å². The molecule has 1 unspecified atom stereocenters. The molecule has 0 radical (unpaired) electrons. The van der Waals surface area contributed by atoms with Crippen molar-refractivity contribution in [1.29, 1.82) is 0 Å². The molecule has 0 amide bonds. The lowest BCUT2D eigenvalue weighted by atomic mass is 9.76. The SMILES string of the molecule is CC(C)(C)c1ccc(-c2nc(C3=CCC(C(C)(C)C)C=C3)nc(-c3ccc(-c4ccccc4)cc3)n2)cc1. The lowest BCUT2D eigenvalue weighted by Crippen LogP contribution is -2.19. The predicted molar refractivity (Wildman–Crippen MR) is 160 cm³/mol. The van der Waals surface area contributed by atoms with Gasteiger partial charge in [0.2, 0.25) is 0 Å². The highest BCUT2D eigenvalue weighted by molar-refractivity contribution is 5.74. The summed E-state index contributed by atoms with van der Waals surface area (Å²) in [7, 11) is 0. The number of hydrogen-bond acceptors (Lipinski definition) is 3. The lowest BCUT2D eigenvalue weighted by Gasteiger charge is -2.29. The largest absolute Gasteiger partial charge is 0.208 e. The Hall–Kier alpha value is -3.85. The Bertz CT molecular complexity index is 1460. The van der Waals surface area contributed by atoms with Crippen LogP contribution in [0.15, 0.2) is 97.1 Å². The Morgan fingerprint density at radius 2 is 1.08 bits per heavy atom. The van der Waals surface area contributed by atoms with E-state index in [1.54, 1.807) is 0 Å². The molecule has 1 aromatic heterocycles. The van der Waals surface area contributed by atoms with Gasteiger partial charge in [0.1, 0.15) is 0 Å². The van der Waals surface area contributed by atoms with Crippen LogP contribution in [0, 0.1) is 11.3 Å². The molecule has 0 bridgehead atoms. The third-order valence-electron chi connectivity index (χ3n) is 7.37. The molecule has 1 heterocycles. The Morgan fingerprint density at radius 1 is 0.579 bits per heavy atom. The number of benzene rings is 3. The summed E-state index contributed by atoms with van der Waals surface area (Å²) in [5, 5.41) is 0. The van der Waals surface area contributed by atoms with Gasteiger partial charge in [-0.05, 0) is 39.9 Å². The van der Waals surface area contributed by atoms with Crippen molar-refractivity contribution in [3.63, 3.8) is 0 Å². The molecule has 5 rings (SSSR count). The first-order valence-electron chi connectivity index (χ1n) is 13.5. The molecular weight excluding hydrogens is 462 g/mol. The number of nitrogens with zero attached hydrogens (tertiary/aromatic N) is 3. The molecule has 3 heteroatoms. The van der Waals surface area contributed by atoms with Gasteiger partial charge < -0.3 is 0 Å². The van der Waals surface area contributed by atoms with E-state index < -0.39 is 0 Å². The minimum atomic E-state index is 0.0930. The van der Waals surface area contributed by atoms with Crippen molar-refractivity contribution in [2.75, 3.05) is 0 Å². The summed E-state index contributed by atoms with van der Waals surface area (Å²) < 4.78 is 0. The minimum Gasteiger partial charge on any atom is -0.208 e. The summed E-state index contributed by atoms with van der Waals surface area (Å²) in [4.78, 5) is 14.9. The topological polar surface area (TPSA) is 38.7 Å². The van der Waals surface area contributed by atoms with E-state index >= 15 is 0 Å². The second kappa shape index (κ2) is 10.1. The number of aromatic nitrogens is 3. The van der Waals surface area contributed by atoms with Gasteiger partial charge in [0, 0.05) is 16.7 Å². The van der Waals surface area contributed by atoms with Crippen LogP contribution in [0.5, 0.6) is 0 Å². The quantitative estimate of drug-likeness (QED) is 0.281. The fraction of sp³-hybridized carbons (Fsp3) is 0.286. The average molecular weight is 500 g/mol. The predicted octanol–water partition coefficient (Wildman–Crippen LogP) is 9.18. The molecule has 0 saturated carbocycles. The van der Waals surface area contributed by atoms with Gasteiger partial charge in [0.25, 0.3) is 0 Å². The molecule has 0 aliphatic heterocycles. The Kier molecular flexibility index (Phi) is 6.88. The van der Waals surface area contributed by atoms with Crippen molar-refractivity contribution in [1.82, 2.24) is 15.0 Å². The smallest absolute Gasteiger partial charge is 0.164 e. The second-order valence-electron chi connectivity index (χ2n) is 12.3. The molecule has 0 saturated heterocycles. The van der Waals surface area contributed by atoms with Crippen LogP contribution in [0.25, 0.3) is 39.5 Å². The third-order valence-corrected chi connectivity index (χ3v) is 7.37. The Balaban J connectivity index is 1.55. The first-order chi connectivity index (χ1) is 18.1. The zero-order chi connectivity index (χ0) is 26.9. The highest BCUT2D eigenvalue weighted by atomic mass is 15.0. The van der Waals surface area contributed by atoms with Crippen molar-refractivity contribution in [2.45, 2.75) is 53.4 Å². The molecule has 3 aromatic carbocycles. The second-order valence-corrected chi connectivity index (χ2v) is 12.3. The van der Waals surface area contributed by atoms with E-state index in [0.717, 1.165) is 28.9 Å². The first-order valence-corrected chi connectivity index (χ1v) is 13.5. The molecule has 1 atom stereocenters. The molecule has 192 valence electrons. The zero-order valence-corrected chi connectivity index (χ0v) is 23.4. The van der Waals surface area contributed by atoms with E-state index in [4.69, 9.17) is 15.0 Å². The monoisotopic (exact) mass is 499 g/mol. The van der Waals surface area contributed by atoms with Gasteiger partial charge in [-0.15, -0.1) is 0 Å². The van der Waals surface area contributed by atoms with E-state index in [1.165, 1.54) is 16.7 Å². The highest BCUT2D eigenvalue weighted by Gasteiger charge is 2.24. The van der Waals surface area contributed by atoms with Gasteiger partial charge in [-0.1, -0.05) is 139 Å². The fourth-order valence-corrected chi connectivity index (χ4v) is 4.75. The molecule has 0 fully saturated rings. The molecular formula is C35H37N3. The van der Waals surface area contributed by atoms with Crippen molar-refractivity contribution in [3.05, 3.63) is 108 Å². The molecule has 0 spiro atoms. The van der Waals surface area contributed by atoms with Gasteiger partial charge in [-0.25, -0.2) is 15.0 Å². The molecule has 0 N–H and O–H groups in total. The molecule has 38 heavy (non-hydrogen) atoms. The Morgan fingerprint density at radius 3 is 1.58 bits per heavy atom. The average Bonchev–Trinajstić information content (AvgIpc) is 2.92. The van der Waals surface area contributed by atoms with Crippen LogP contribution in [0.3, 0.4) is 0 Å². The van der Waals surface area contributed by atoms with Gasteiger partial charge >= 0.3 is 0 Å². The first kappa shape index (κ1) is 25.8. The van der Waals surface area contributed by atoms with Crippen LogP contribution in [0.4, 0.5) is 0 Å². The van der Waals surface area contributed by atoms with E-state index in [0.29, 0.717) is 17.6 Å². The Labute approximate surface area is 227 Å². The van der Waals surface area contributed by atoms with E-state index in [-0.39, 0.29) is 10.8 Å². The van der Waals surface area contributed by atoms with Crippen molar-refractivity contribution in [3.8, 4) is 33.9 Å². The zero-order valence-electron chi connectivity index (χ0n) is 23.4. The fourth-order valence-electron chi connectivity index (χ4n) is 4.75. The molecule has 3 nitrogen and oxygen atoms in total. The summed E-state index contributed by atoms with van der Waals surface area (Å²) in [6.45, 7) is 13.6. The number of hydrogen-bond donors (Lipinski definition) is 0. The van der Waals surface area contributed by atoms with Crippen molar-refractivity contribution < 1.29 is 0 Å². The van der Waals surface area contributed by atoms with Crippen LogP contribution in [-0.4, -0.2) is 15.0 Å². The standard InChI is InChI=1S/C35H37N3/c1-34(2,3)29-20-16-27(17-21-29)32-36-31(26-14-12-25(13-15-26)24-10-8-7-9-11-24)37-33(38-32)28-18-22-30(23-19-28)35(4,5)6/h7-22,30H,23H2,1-6H3. The van der Waals surface area contributed by atoms with Gasteiger partial charge in [0.05, 0.1) is 0 Å². The van der Waals surface area contributed by atoms with Crippen LogP contribution in [0.2, 0.25) is 0 Å². The maximum absolute atomic E-state index is 4.96.